The molecule has 1 unspecified atom stereocenters. The largest absolute Gasteiger partial charge is 0.496 e. The van der Waals surface area contributed by atoms with Crippen LogP contribution in [0.2, 0.25) is 0 Å². The highest BCUT2D eigenvalue weighted by atomic mass is 79.9. The van der Waals surface area contributed by atoms with Crippen molar-refractivity contribution in [3.05, 3.63) is 63.4 Å². The molecule has 6 heteroatoms. The van der Waals surface area contributed by atoms with Crippen molar-refractivity contribution in [3.63, 3.8) is 0 Å². The third-order valence-electron chi connectivity index (χ3n) is 2.78. The van der Waals surface area contributed by atoms with Crippen LogP contribution >= 0.6 is 27.5 Å². The average molecular weight is 366 g/mol. The number of rotatable bonds is 3. The fraction of sp³-hybridized carbons (Fsp3) is 0.143. The normalized spacial score (nSPS) is 12.3. The molecule has 0 radical (unpaired) electrons. The quantitative estimate of drug-likeness (QED) is 0.536. The molecule has 0 N–H and O–H groups in total. The van der Waals surface area contributed by atoms with E-state index >= 15 is 0 Å². The number of methoxy groups -OCH3 is 1. The van der Waals surface area contributed by atoms with Crippen LogP contribution in [0.1, 0.15) is 16.5 Å². The van der Waals surface area contributed by atoms with Gasteiger partial charge in [0.25, 0.3) is 0 Å². The second-order valence-corrected chi connectivity index (χ2v) is 5.39. The van der Waals surface area contributed by atoms with Gasteiger partial charge in [-0.05, 0) is 18.2 Å². The van der Waals surface area contributed by atoms with Crippen LogP contribution in [0, 0.1) is 17.5 Å². The Morgan fingerprint density at radius 2 is 1.65 bits per heavy atom. The molecule has 0 aliphatic rings. The van der Waals surface area contributed by atoms with Gasteiger partial charge in [0.1, 0.15) is 11.6 Å². The van der Waals surface area contributed by atoms with E-state index in [1.165, 1.54) is 7.11 Å². The predicted octanol–water partition coefficient (Wildman–Crippen LogP) is 5.20. The Kier molecular flexibility index (Phi) is 4.60. The highest BCUT2D eigenvalue weighted by Gasteiger charge is 2.21. The molecule has 0 aliphatic carbocycles. The van der Waals surface area contributed by atoms with Gasteiger partial charge in [0.2, 0.25) is 0 Å². The molecule has 0 amide bonds. The standard InChI is InChI=1S/C14H9BrClF3O/c1-20-13-4-7(15)2-3-8(13)14(16)9-5-11(18)12(19)6-10(9)17/h2-6,14H,1H3. The Morgan fingerprint density at radius 3 is 2.30 bits per heavy atom. The Morgan fingerprint density at radius 1 is 1.00 bits per heavy atom. The lowest BCUT2D eigenvalue weighted by Crippen LogP contribution is -2.02. The molecule has 0 spiro atoms. The number of ether oxygens (including phenoxy) is 1. The van der Waals surface area contributed by atoms with E-state index in [0.29, 0.717) is 17.4 Å². The minimum Gasteiger partial charge on any atom is -0.496 e. The molecular formula is C14H9BrClF3O. The van der Waals surface area contributed by atoms with E-state index in [0.717, 1.165) is 10.5 Å². The van der Waals surface area contributed by atoms with Crippen LogP contribution in [-0.4, -0.2) is 7.11 Å². The molecule has 20 heavy (non-hydrogen) atoms. The summed E-state index contributed by atoms with van der Waals surface area (Å²) in [5.74, 6) is -2.89. The first-order valence-corrected chi connectivity index (χ1v) is 6.79. The Hall–Kier alpha value is -1.20. The molecule has 2 aromatic rings. The molecule has 0 aliphatic heterocycles. The Labute approximate surface area is 127 Å². The molecule has 1 nitrogen and oxygen atoms in total. The van der Waals surface area contributed by atoms with Crippen LogP contribution in [0.5, 0.6) is 5.75 Å². The minimum absolute atomic E-state index is 0.147. The van der Waals surface area contributed by atoms with E-state index in [9.17, 15) is 13.2 Å². The van der Waals surface area contributed by atoms with Crippen molar-refractivity contribution < 1.29 is 17.9 Å². The summed E-state index contributed by atoms with van der Waals surface area (Å²) in [6, 6.07) is 6.21. The van der Waals surface area contributed by atoms with Crippen molar-refractivity contribution in [2.45, 2.75) is 5.38 Å². The topological polar surface area (TPSA) is 9.23 Å². The van der Waals surface area contributed by atoms with Crippen molar-refractivity contribution in [3.8, 4) is 5.75 Å². The predicted molar refractivity (Wildman–Crippen MR) is 74.7 cm³/mol. The summed E-state index contributed by atoms with van der Waals surface area (Å²) in [7, 11) is 1.44. The molecule has 2 aromatic carbocycles. The molecule has 106 valence electrons. The van der Waals surface area contributed by atoms with E-state index in [2.05, 4.69) is 15.9 Å². The number of benzene rings is 2. The van der Waals surface area contributed by atoms with Crippen molar-refractivity contribution in [2.75, 3.05) is 7.11 Å². The molecular weight excluding hydrogens is 357 g/mol. The zero-order valence-corrected chi connectivity index (χ0v) is 12.6. The highest BCUT2D eigenvalue weighted by Crippen LogP contribution is 2.38. The van der Waals surface area contributed by atoms with E-state index in [1.54, 1.807) is 18.2 Å². The number of halogens is 5. The molecule has 0 fully saturated rings. The van der Waals surface area contributed by atoms with Crippen LogP contribution in [0.15, 0.2) is 34.8 Å². The van der Waals surface area contributed by atoms with E-state index in [-0.39, 0.29) is 5.56 Å². The number of alkyl halides is 1. The Balaban J connectivity index is 2.51. The molecule has 0 saturated heterocycles. The zero-order chi connectivity index (χ0) is 14.9. The SMILES string of the molecule is COc1cc(Br)ccc1C(Cl)c1cc(F)c(F)cc1F. The number of hydrogen-bond donors (Lipinski definition) is 0. The third kappa shape index (κ3) is 2.94. The summed E-state index contributed by atoms with van der Waals surface area (Å²) in [5.41, 5.74) is 0.313. The monoisotopic (exact) mass is 364 g/mol. The van der Waals surface area contributed by atoms with Crippen molar-refractivity contribution in [1.82, 2.24) is 0 Å². The van der Waals surface area contributed by atoms with Crippen LogP contribution in [-0.2, 0) is 0 Å². The van der Waals surface area contributed by atoms with E-state index in [1.807, 2.05) is 0 Å². The van der Waals surface area contributed by atoms with Crippen molar-refractivity contribution >= 4 is 27.5 Å². The molecule has 0 heterocycles. The van der Waals surface area contributed by atoms with Gasteiger partial charge in [-0.3, -0.25) is 0 Å². The second kappa shape index (κ2) is 6.06. The van der Waals surface area contributed by atoms with Gasteiger partial charge in [0.05, 0.1) is 12.5 Å². The lowest BCUT2D eigenvalue weighted by Gasteiger charge is -2.15. The van der Waals surface area contributed by atoms with E-state index < -0.39 is 22.8 Å². The van der Waals surface area contributed by atoms with Gasteiger partial charge in [-0.15, -0.1) is 11.6 Å². The first kappa shape index (κ1) is 15.2. The number of hydrogen-bond acceptors (Lipinski definition) is 1. The second-order valence-electron chi connectivity index (χ2n) is 4.04. The van der Waals surface area contributed by atoms with Gasteiger partial charge < -0.3 is 4.74 Å². The third-order valence-corrected chi connectivity index (χ3v) is 3.74. The van der Waals surface area contributed by atoms with Gasteiger partial charge in [-0.1, -0.05) is 22.0 Å². The smallest absolute Gasteiger partial charge is 0.161 e. The molecule has 0 saturated carbocycles. The van der Waals surface area contributed by atoms with Crippen LogP contribution in [0.3, 0.4) is 0 Å². The summed E-state index contributed by atoms with van der Waals surface area (Å²) in [5, 5.41) is -0.992. The van der Waals surface area contributed by atoms with Gasteiger partial charge >= 0.3 is 0 Å². The highest BCUT2D eigenvalue weighted by molar-refractivity contribution is 9.10. The maximum absolute atomic E-state index is 13.7. The van der Waals surface area contributed by atoms with Gasteiger partial charge in [0.15, 0.2) is 11.6 Å². The van der Waals surface area contributed by atoms with Crippen LogP contribution < -0.4 is 4.74 Å². The molecule has 2 rings (SSSR count). The van der Waals surface area contributed by atoms with Gasteiger partial charge in [-0.25, -0.2) is 13.2 Å². The fourth-order valence-electron chi connectivity index (χ4n) is 1.79. The molecule has 0 bridgehead atoms. The summed E-state index contributed by atoms with van der Waals surface area (Å²) in [6.07, 6.45) is 0. The van der Waals surface area contributed by atoms with Gasteiger partial charge in [-0.2, -0.15) is 0 Å². The molecule has 0 aromatic heterocycles. The average Bonchev–Trinajstić information content (AvgIpc) is 2.42. The minimum atomic E-state index is -1.25. The van der Waals surface area contributed by atoms with Crippen molar-refractivity contribution in [2.24, 2.45) is 0 Å². The summed E-state index contributed by atoms with van der Waals surface area (Å²) >= 11 is 9.44. The van der Waals surface area contributed by atoms with Crippen LogP contribution in [0.4, 0.5) is 13.2 Å². The van der Waals surface area contributed by atoms with Crippen molar-refractivity contribution in [1.29, 1.82) is 0 Å². The van der Waals surface area contributed by atoms with Crippen LogP contribution in [0.25, 0.3) is 0 Å². The van der Waals surface area contributed by atoms with Gasteiger partial charge in [0, 0.05) is 21.7 Å². The van der Waals surface area contributed by atoms with E-state index in [4.69, 9.17) is 16.3 Å². The summed E-state index contributed by atoms with van der Waals surface area (Å²) in [4.78, 5) is 0. The zero-order valence-electron chi connectivity index (χ0n) is 10.3. The first-order valence-electron chi connectivity index (χ1n) is 5.56. The first-order chi connectivity index (χ1) is 9.43. The Bertz CT molecular complexity index is 649. The summed E-state index contributed by atoms with van der Waals surface area (Å²) < 4.78 is 45.8. The lowest BCUT2D eigenvalue weighted by molar-refractivity contribution is 0.409. The summed E-state index contributed by atoms with van der Waals surface area (Å²) in [6.45, 7) is 0. The fourth-order valence-corrected chi connectivity index (χ4v) is 2.48. The molecule has 1 atom stereocenters. The maximum atomic E-state index is 13.7. The lowest BCUT2D eigenvalue weighted by atomic mass is 10.0. The maximum Gasteiger partial charge on any atom is 0.161 e.